The van der Waals surface area contributed by atoms with Gasteiger partial charge >= 0.3 is 0 Å². The van der Waals surface area contributed by atoms with Crippen molar-refractivity contribution in [2.24, 2.45) is 0 Å². The highest BCUT2D eigenvalue weighted by atomic mass is 32.2. The number of ether oxygens (including phenoxy) is 1. The number of phenolic OH excluding ortho intramolecular Hbond substituents is 1. The van der Waals surface area contributed by atoms with E-state index in [2.05, 4.69) is 22.8 Å². The molecule has 0 atom stereocenters. The molecule has 4 aromatic carbocycles. The smallest absolute Gasteiger partial charge is 0.272 e. The van der Waals surface area contributed by atoms with Gasteiger partial charge < -0.3 is 20.5 Å². The van der Waals surface area contributed by atoms with E-state index in [0.29, 0.717) is 22.6 Å². The number of hydrogen-bond acceptors (Lipinski definition) is 5. The molecule has 4 aromatic rings. The number of thioether (sulfide) groups is 1. The van der Waals surface area contributed by atoms with Crippen LogP contribution in [0.5, 0.6) is 11.5 Å². The minimum Gasteiger partial charge on any atom is -0.508 e. The summed E-state index contributed by atoms with van der Waals surface area (Å²) >= 11 is 1.66. The number of hydrogen-bond donors (Lipinski definition) is 3. The Labute approximate surface area is 220 Å². The monoisotopic (exact) mass is 510 g/mol. The fourth-order valence-electron chi connectivity index (χ4n) is 3.52. The highest BCUT2D eigenvalue weighted by molar-refractivity contribution is 7.98. The van der Waals surface area contributed by atoms with Crippen LogP contribution in [0.25, 0.3) is 6.08 Å². The number of anilines is 1. The molecule has 0 spiro atoms. The molecule has 0 bridgehead atoms. The van der Waals surface area contributed by atoms with Crippen molar-refractivity contribution in [1.82, 2.24) is 5.32 Å². The summed E-state index contributed by atoms with van der Waals surface area (Å²) < 4.78 is 5.34. The van der Waals surface area contributed by atoms with Gasteiger partial charge in [-0.05, 0) is 54.1 Å². The Hall–Kier alpha value is -4.49. The van der Waals surface area contributed by atoms with Crippen LogP contribution < -0.4 is 15.4 Å². The summed E-state index contributed by atoms with van der Waals surface area (Å²) in [6.07, 6.45) is 1.52. The van der Waals surface area contributed by atoms with Gasteiger partial charge in [-0.1, -0.05) is 54.6 Å². The predicted molar refractivity (Wildman–Crippen MR) is 148 cm³/mol. The number of nitrogens with one attached hydrogen (secondary N) is 2. The minimum atomic E-state index is -0.496. The number of methoxy groups -OCH3 is 1. The summed E-state index contributed by atoms with van der Waals surface area (Å²) in [6, 6.07) is 30.9. The molecule has 0 saturated carbocycles. The van der Waals surface area contributed by atoms with Crippen molar-refractivity contribution >= 4 is 35.3 Å². The number of rotatable bonds is 9. The number of benzene rings is 4. The first-order valence-corrected chi connectivity index (χ1v) is 12.5. The van der Waals surface area contributed by atoms with E-state index in [-0.39, 0.29) is 11.4 Å². The summed E-state index contributed by atoms with van der Waals surface area (Å²) in [4.78, 5) is 27.2. The SMILES string of the molecule is COc1cc(O)ccc1/C=C(\NC(=O)c1ccccc1)C(=O)Nc1cccc(SCc2ccccc2)c1. The van der Waals surface area contributed by atoms with Crippen LogP contribution in [-0.2, 0) is 10.5 Å². The average molecular weight is 511 g/mol. The van der Waals surface area contributed by atoms with Crippen LogP contribution in [0.1, 0.15) is 21.5 Å². The second kappa shape index (κ2) is 12.5. The maximum atomic E-state index is 13.3. The maximum Gasteiger partial charge on any atom is 0.272 e. The number of phenols is 1. The fraction of sp³-hybridized carbons (Fsp3) is 0.0667. The lowest BCUT2D eigenvalue weighted by Crippen LogP contribution is -2.30. The Morgan fingerprint density at radius 3 is 2.35 bits per heavy atom. The average Bonchev–Trinajstić information content (AvgIpc) is 2.93. The second-order valence-electron chi connectivity index (χ2n) is 8.06. The third-order valence-electron chi connectivity index (χ3n) is 5.39. The van der Waals surface area contributed by atoms with Crippen LogP contribution in [-0.4, -0.2) is 24.0 Å². The zero-order chi connectivity index (χ0) is 26.0. The van der Waals surface area contributed by atoms with Gasteiger partial charge in [-0.3, -0.25) is 9.59 Å². The normalized spacial score (nSPS) is 11.0. The van der Waals surface area contributed by atoms with E-state index in [1.807, 2.05) is 42.5 Å². The molecule has 0 fully saturated rings. The molecule has 0 aliphatic rings. The number of carbonyl (C=O) groups is 2. The maximum absolute atomic E-state index is 13.3. The highest BCUT2D eigenvalue weighted by Crippen LogP contribution is 2.27. The van der Waals surface area contributed by atoms with Crippen molar-refractivity contribution in [3.8, 4) is 11.5 Å². The molecule has 3 N–H and O–H groups in total. The quantitative estimate of drug-likeness (QED) is 0.187. The molecule has 7 heteroatoms. The molecule has 0 radical (unpaired) electrons. The molecule has 0 unspecified atom stereocenters. The first kappa shape index (κ1) is 25.6. The Bertz CT molecular complexity index is 1410. The van der Waals surface area contributed by atoms with Crippen LogP contribution in [0.15, 0.2) is 114 Å². The van der Waals surface area contributed by atoms with Gasteiger partial charge in [-0.2, -0.15) is 0 Å². The van der Waals surface area contributed by atoms with Gasteiger partial charge in [0.25, 0.3) is 11.8 Å². The molecule has 2 amide bonds. The zero-order valence-corrected chi connectivity index (χ0v) is 21.0. The van der Waals surface area contributed by atoms with Gasteiger partial charge in [-0.15, -0.1) is 11.8 Å². The number of aromatic hydroxyl groups is 1. The first-order chi connectivity index (χ1) is 18.0. The summed E-state index contributed by atoms with van der Waals surface area (Å²) in [5.74, 6) is 0.269. The van der Waals surface area contributed by atoms with Crippen molar-refractivity contribution in [1.29, 1.82) is 0 Å². The summed E-state index contributed by atoms with van der Waals surface area (Å²) in [7, 11) is 1.47. The molecule has 0 aromatic heterocycles. The van der Waals surface area contributed by atoms with Crippen LogP contribution in [0, 0.1) is 0 Å². The second-order valence-corrected chi connectivity index (χ2v) is 9.11. The zero-order valence-electron chi connectivity index (χ0n) is 20.2. The molecule has 0 aliphatic carbocycles. The molecule has 0 aliphatic heterocycles. The van der Waals surface area contributed by atoms with Crippen LogP contribution in [0.4, 0.5) is 5.69 Å². The predicted octanol–water partition coefficient (Wildman–Crippen LogP) is 6.10. The van der Waals surface area contributed by atoms with E-state index in [1.54, 1.807) is 48.2 Å². The van der Waals surface area contributed by atoms with Gasteiger partial charge in [-0.25, -0.2) is 0 Å². The standard InChI is InChI=1S/C30H26N2O4S/c1-36-28-19-25(33)16-15-23(28)17-27(32-29(34)22-11-6-3-7-12-22)30(35)31-24-13-8-14-26(18-24)37-20-21-9-4-2-5-10-21/h2-19,33H,20H2,1H3,(H,31,35)(H,32,34)/b27-17-. The van der Waals surface area contributed by atoms with E-state index in [1.165, 1.54) is 30.9 Å². The van der Waals surface area contributed by atoms with Crippen molar-refractivity contribution < 1.29 is 19.4 Å². The van der Waals surface area contributed by atoms with E-state index in [9.17, 15) is 14.7 Å². The third-order valence-corrected chi connectivity index (χ3v) is 6.45. The summed E-state index contributed by atoms with van der Waals surface area (Å²) in [5.41, 5.74) is 2.77. The lowest BCUT2D eigenvalue weighted by Gasteiger charge is -2.13. The van der Waals surface area contributed by atoms with Crippen molar-refractivity contribution in [2.75, 3.05) is 12.4 Å². The topological polar surface area (TPSA) is 87.7 Å². The molecule has 186 valence electrons. The third kappa shape index (κ3) is 7.25. The van der Waals surface area contributed by atoms with Crippen molar-refractivity contribution in [3.05, 3.63) is 126 Å². The van der Waals surface area contributed by atoms with E-state index < -0.39 is 11.8 Å². The van der Waals surface area contributed by atoms with Crippen LogP contribution >= 0.6 is 11.8 Å². The van der Waals surface area contributed by atoms with Gasteiger partial charge in [0.15, 0.2) is 0 Å². The molecular formula is C30H26N2O4S. The summed E-state index contributed by atoms with van der Waals surface area (Å²) in [5, 5.41) is 15.4. The highest BCUT2D eigenvalue weighted by Gasteiger charge is 2.16. The molecule has 37 heavy (non-hydrogen) atoms. The largest absolute Gasteiger partial charge is 0.508 e. The van der Waals surface area contributed by atoms with Crippen molar-refractivity contribution in [3.63, 3.8) is 0 Å². The summed E-state index contributed by atoms with van der Waals surface area (Å²) in [6.45, 7) is 0. The minimum absolute atomic E-state index is 0.0261. The lowest BCUT2D eigenvalue weighted by molar-refractivity contribution is -0.113. The molecular weight excluding hydrogens is 484 g/mol. The first-order valence-electron chi connectivity index (χ1n) is 11.5. The van der Waals surface area contributed by atoms with Gasteiger partial charge in [0.05, 0.1) is 7.11 Å². The number of carbonyl (C=O) groups excluding carboxylic acids is 2. The van der Waals surface area contributed by atoms with E-state index >= 15 is 0 Å². The number of amides is 2. The molecule has 6 nitrogen and oxygen atoms in total. The lowest BCUT2D eigenvalue weighted by atomic mass is 10.1. The van der Waals surface area contributed by atoms with Crippen molar-refractivity contribution in [2.45, 2.75) is 10.6 Å². The van der Waals surface area contributed by atoms with Gasteiger partial charge in [0.2, 0.25) is 0 Å². The Kier molecular flexibility index (Phi) is 8.62. The molecule has 0 heterocycles. The van der Waals surface area contributed by atoms with Gasteiger partial charge in [0.1, 0.15) is 17.2 Å². The molecule has 4 rings (SSSR count). The van der Waals surface area contributed by atoms with E-state index in [4.69, 9.17) is 4.74 Å². The van der Waals surface area contributed by atoms with Crippen LogP contribution in [0.3, 0.4) is 0 Å². The van der Waals surface area contributed by atoms with Crippen LogP contribution in [0.2, 0.25) is 0 Å². The van der Waals surface area contributed by atoms with E-state index in [0.717, 1.165) is 10.6 Å². The molecule has 0 saturated heterocycles. The fourth-order valence-corrected chi connectivity index (χ4v) is 4.43. The van der Waals surface area contributed by atoms with Gasteiger partial charge in [0, 0.05) is 33.5 Å². The Morgan fingerprint density at radius 1 is 0.892 bits per heavy atom. The Balaban J connectivity index is 1.56. The Morgan fingerprint density at radius 2 is 1.62 bits per heavy atom.